The van der Waals surface area contributed by atoms with Gasteiger partial charge in [-0.3, -0.25) is 0 Å². The first kappa shape index (κ1) is 12.1. The fourth-order valence-electron chi connectivity index (χ4n) is 1.65. The van der Waals surface area contributed by atoms with Crippen molar-refractivity contribution in [2.75, 3.05) is 25.5 Å². The Bertz CT molecular complexity index is 279. The van der Waals surface area contributed by atoms with E-state index >= 15 is 0 Å². The van der Waals surface area contributed by atoms with Crippen molar-refractivity contribution in [2.24, 2.45) is 0 Å². The molecule has 0 aliphatic heterocycles. The molecule has 0 aromatic heterocycles. The summed E-state index contributed by atoms with van der Waals surface area (Å²) in [4.78, 5) is 2.29. The van der Waals surface area contributed by atoms with Gasteiger partial charge in [0.1, 0.15) is 0 Å². The summed E-state index contributed by atoms with van der Waals surface area (Å²) in [5, 5.41) is 3.24. The highest BCUT2D eigenvalue weighted by Gasteiger charge is 2.03. The lowest BCUT2D eigenvalue weighted by Crippen LogP contribution is -2.18. The van der Waals surface area contributed by atoms with Gasteiger partial charge in [0.05, 0.1) is 0 Å². The lowest BCUT2D eigenvalue weighted by molar-refractivity contribution is 0.652. The number of hydrogen-bond donors (Lipinski definition) is 1. The molecule has 0 fully saturated rings. The molecular weight excluding hydrogens is 184 g/mol. The SMILES string of the molecule is CCCN(C)c1ccc(C(C)NC)cc1. The van der Waals surface area contributed by atoms with Gasteiger partial charge in [-0.05, 0) is 38.1 Å². The monoisotopic (exact) mass is 206 g/mol. The number of rotatable bonds is 5. The average Bonchev–Trinajstić information content (AvgIpc) is 2.28. The van der Waals surface area contributed by atoms with Gasteiger partial charge in [0.2, 0.25) is 0 Å². The predicted octanol–water partition coefficient (Wildman–Crippen LogP) is 2.81. The van der Waals surface area contributed by atoms with E-state index in [-0.39, 0.29) is 0 Å². The van der Waals surface area contributed by atoms with E-state index in [1.165, 1.54) is 17.7 Å². The summed E-state index contributed by atoms with van der Waals surface area (Å²) in [6, 6.07) is 9.21. The molecule has 15 heavy (non-hydrogen) atoms. The van der Waals surface area contributed by atoms with E-state index < -0.39 is 0 Å². The third-order valence-corrected chi connectivity index (χ3v) is 2.83. The number of nitrogens with one attached hydrogen (secondary N) is 1. The Hall–Kier alpha value is -1.02. The molecule has 1 rings (SSSR count). The number of nitrogens with zero attached hydrogens (tertiary/aromatic N) is 1. The van der Waals surface area contributed by atoms with Crippen LogP contribution in [0.5, 0.6) is 0 Å². The summed E-state index contributed by atoms with van der Waals surface area (Å²) in [6.45, 7) is 5.49. The quantitative estimate of drug-likeness (QED) is 0.797. The number of benzene rings is 1. The molecule has 0 radical (unpaired) electrons. The van der Waals surface area contributed by atoms with Crippen molar-refractivity contribution < 1.29 is 0 Å². The first-order chi connectivity index (χ1) is 7.19. The van der Waals surface area contributed by atoms with Crippen molar-refractivity contribution in [1.82, 2.24) is 5.32 Å². The van der Waals surface area contributed by atoms with E-state index in [1.807, 2.05) is 7.05 Å². The van der Waals surface area contributed by atoms with Crippen molar-refractivity contribution in [3.8, 4) is 0 Å². The molecule has 0 heterocycles. The van der Waals surface area contributed by atoms with E-state index in [9.17, 15) is 0 Å². The smallest absolute Gasteiger partial charge is 0.0363 e. The molecule has 1 N–H and O–H groups in total. The Morgan fingerprint density at radius 2 is 1.87 bits per heavy atom. The second kappa shape index (κ2) is 5.76. The Kier molecular flexibility index (Phi) is 4.63. The maximum absolute atomic E-state index is 3.24. The molecule has 0 aliphatic carbocycles. The van der Waals surface area contributed by atoms with Gasteiger partial charge in [-0.1, -0.05) is 19.1 Å². The van der Waals surface area contributed by atoms with Gasteiger partial charge >= 0.3 is 0 Å². The molecular formula is C13H22N2. The number of hydrogen-bond acceptors (Lipinski definition) is 2. The lowest BCUT2D eigenvalue weighted by Gasteiger charge is -2.19. The van der Waals surface area contributed by atoms with Crippen LogP contribution in [0.3, 0.4) is 0 Å². The summed E-state index contributed by atoms with van der Waals surface area (Å²) in [5.41, 5.74) is 2.63. The summed E-state index contributed by atoms with van der Waals surface area (Å²) >= 11 is 0. The summed E-state index contributed by atoms with van der Waals surface area (Å²) in [6.07, 6.45) is 1.19. The van der Waals surface area contributed by atoms with E-state index in [4.69, 9.17) is 0 Å². The Morgan fingerprint density at radius 1 is 1.27 bits per heavy atom. The average molecular weight is 206 g/mol. The maximum atomic E-state index is 3.24. The van der Waals surface area contributed by atoms with Crippen LogP contribution >= 0.6 is 0 Å². The van der Waals surface area contributed by atoms with Crippen molar-refractivity contribution in [3.05, 3.63) is 29.8 Å². The van der Waals surface area contributed by atoms with Crippen LogP contribution < -0.4 is 10.2 Å². The van der Waals surface area contributed by atoms with Crippen LogP contribution in [0.4, 0.5) is 5.69 Å². The summed E-state index contributed by atoms with van der Waals surface area (Å²) in [5.74, 6) is 0. The molecule has 0 spiro atoms. The molecule has 0 bridgehead atoms. The molecule has 0 aliphatic rings. The van der Waals surface area contributed by atoms with Gasteiger partial charge < -0.3 is 10.2 Å². The minimum Gasteiger partial charge on any atom is -0.375 e. The topological polar surface area (TPSA) is 15.3 Å². The highest BCUT2D eigenvalue weighted by molar-refractivity contribution is 5.47. The highest BCUT2D eigenvalue weighted by atomic mass is 15.1. The lowest BCUT2D eigenvalue weighted by atomic mass is 10.1. The zero-order chi connectivity index (χ0) is 11.3. The largest absolute Gasteiger partial charge is 0.375 e. The van der Waals surface area contributed by atoms with Gasteiger partial charge in [-0.25, -0.2) is 0 Å². The Balaban J connectivity index is 2.71. The van der Waals surface area contributed by atoms with E-state index in [0.29, 0.717) is 6.04 Å². The first-order valence-electron chi connectivity index (χ1n) is 5.67. The van der Waals surface area contributed by atoms with Crippen molar-refractivity contribution >= 4 is 5.69 Å². The van der Waals surface area contributed by atoms with Crippen LogP contribution in [0.15, 0.2) is 24.3 Å². The van der Waals surface area contributed by atoms with E-state index in [2.05, 4.69) is 55.4 Å². The van der Waals surface area contributed by atoms with Crippen molar-refractivity contribution in [3.63, 3.8) is 0 Å². The van der Waals surface area contributed by atoms with Crippen LogP contribution in [0.25, 0.3) is 0 Å². The van der Waals surface area contributed by atoms with Gasteiger partial charge in [-0.15, -0.1) is 0 Å². The molecule has 2 heteroatoms. The fourth-order valence-corrected chi connectivity index (χ4v) is 1.65. The molecule has 84 valence electrons. The zero-order valence-electron chi connectivity index (χ0n) is 10.2. The first-order valence-corrected chi connectivity index (χ1v) is 5.67. The minimum atomic E-state index is 0.426. The van der Waals surface area contributed by atoms with E-state index in [0.717, 1.165) is 6.54 Å². The molecule has 1 atom stereocenters. The minimum absolute atomic E-state index is 0.426. The van der Waals surface area contributed by atoms with Crippen LogP contribution in [-0.2, 0) is 0 Å². The van der Waals surface area contributed by atoms with Crippen LogP contribution in [0.2, 0.25) is 0 Å². The van der Waals surface area contributed by atoms with Crippen LogP contribution in [-0.4, -0.2) is 20.6 Å². The number of anilines is 1. The zero-order valence-corrected chi connectivity index (χ0v) is 10.2. The predicted molar refractivity (Wildman–Crippen MR) is 67.5 cm³/mol. The fraction of sp³-hybridized carbons (Fsp3) is 0.538. The van der Waals surface area contributed by atoms with Gasteiger partial charge in [0, 0.05) is 25.3 Å². The summed E-state index contributed by atoms with van der Waals surface area (Å²) < 4.78 is 0. The third kappa shape index (κ3) is 3.24. The molecule has 1 aromatic carbocycles. The molecule has 0 saturated carbocycles. The molecule has 2 nitrogen and oxygen atoms in total. The normalized spacial score (nSPS) is 12.5. The van der Waals surface area contributed by atoms with Gasteiger partial charge in [-0.2, -0.15) is 0 Å². The summed E-state index contributed by atoms with van der Waals surface area (Å²) in [7, 11) is 4.13. The van der Waals surface area contributed by atoms with Crippen molar-refractivity contribution in [1.29, 1.82) is 0 Å². The van der Waals surface area contributed by atoms with Crippen LogP contribution in [0, 0.1) is 0 Å². The van der Waals surface area contributed by atoms with Gasteiger partial charge in [0.25, 0.3) is 0 Å². The molecule has 1 aromatic rings. The van der Waals surface area contributed by atoms with Crippen LogP contribution in [0.1, 0.15) is 31.9 Å². The second-order valence-electron chi connectivity index (χ2n) is 4.02. The molecule has 0 saturated heterocycles. The third-order valence-electron chi connectivity index (χ3n) is 2.83. The highest BCUT2D eigenvalue weighted by Crippen LogP contribution is 2.18. The van der Waals surface area contributed by atoms with Gasteiger partial charge in [0.15, 0.2) is 0 Å². The Morgan fingerprint density at radius 3 is 2.33 bits per heavy atom. The van der Waals surface area contributed by atoms with E-state index in [1.54, 1.807) is 0 Å². The van der Waals surface area contributed by atoms with Crippen molar-refractivity contribution in [2.45, 2.75) is 26.3 Å². The second-order valence-corrected chi connectivity index (χ2v) is 4.02. The molecule has 1 unspecified atom stereocenters. The molecule has 0 amide bonds. The standard InChI is InChI=1S/C13H22N2/c1-5-10-15(4)13-8-6-12(7-9-13)11(2)14-3/h6-9,11,14H,5,10H2,1-4H3. The Labute approximate surface area is 93.3 Å². The maximum Gasteiger partial charge on any atom is 0.0363 e.